The van der Waals surface area contributed by atoms with Crippen LogP contribution in [0.25, 0.3) is 0 Å². The summed E-state index contributed by atoms with van der Waals surface area (Å²) in [4.78, 5) is 11.9. The highest BCUT2D eigenvalue weighted by Crippen LogP contribution is 2.46. The van der Waals surface area contributed by atoms with Crippen molar-refractivity contribution >= 4 is 17.7 Å². The summed E-state index contributed by atoms with van der Waals surface area (Å²) in [5.74, 6) is 0.116. The number of hydrogen-bond donors (Lipinski definition) is 3. The molecule has 1 atom stereocenters. The number of aromatic hydroxyl groups is 1. The van der Waals surface area contributed by atoms with E-state index in [1.807, 2.05) is 11.8 Å². The largest absolute Gasteiger partial charge is 0.508 e. The second-order valence-electron chi connectivity index (χ2n) is 5.08. The zero-order valence-electron chi connectivity index (χ0n) is 11.1. The minimum absolute atomic E-state index is 0.103. The van der Waals surface area contributed by atoms with Crippen molar-refractivity contribution in [3.05, 3.63) is 29.8 Å². The number of phenolic OH excluding ortho intramolecular Hbond substituents is 1. The lowest BCUT2D eigenvalue weighted by Crippen LogP contribution is -2.44. The molecule has 0 aliphatic heterocycles. The third-order valence-corrected chi connectivity index (χ3v) is 4.97. The fourth-order valence-electron chi connectivity index (χ4n) is 1.95. The van der Waals surface area contributed by atoms with Gasteiger partial charge in [0.05, 0.1) is 6.04 Å². The first kappa shape index (κ1) is 14.2. The first-order valence-electron chi connectivity index (χ1n) is 6.41. The lowest BCUT2D eigenvalue weighted by Gasteiger charge is -2.16. The second kappa shape index (κ2) is 5.84. The van der Waals surface area contributed by atoms with E-state index in [-0.39, 0.29) is 16.4 Å². The predicted molar refractivity (Wildman–Crippen MR) is 78.3 cm³/mol. The summed E-state index contributed by atoms with van der Waals surface area (Å²) in [5.41, 5.74) is 6.85. The molecule has 2 rings (SSSR count). The summed E-state index contributed by atoms with van der Waals surface area (Å²) < 4.78 is 0.258. The molecule has 0 aromatic heterocycles. The van der Waals surface area contributed by atoms with Crippen LogP contribution in [0.2, 0.25) is 0 Å². The topological polar surface area (TPSA) is 75.4 Å². The smallest absolute Gasteiger partial charge is 0.237 e. The molecule has 1 unspecified atom stereocenters. The second-order valence-corrected chi connectivity index (χ2v) is 6.36. The van der Waals surface area contributed by atoms with Gasteiger partial charge >= 0.3 is 0 Å². The van der Waals surface area contributed by atoms with Gasteiger partial charge < -0.3 is 16.2 Å². The van der Waals surface area contributed by atoms with Gasteiger partial charge in [-0.2, -0.15) is 11.8 Å². The SMILES string of the molecule is CSC1(CNC(=O)C(N)Cc2ccc(O)cc2)CC1. The van der Waals surface area contributed by atoms with Crippen molar-refractivity contribution in [3.8, 4) is 5.75 Å². The summed E-state index contributed by atoms with van der Waals surface area (Å²) in [6.07, 6.45) is 4.90. The van der Waals surface area contributed by atoms with Gasteiger partial charge in [0.2, 0.25) is 5.91 Å². The van der Waals surface area contributed by atoms with Crippen molar-refractivity contribution in [2.75, 3.05) is 12.8 Å². The predicted octanol–water partition coefficient (Wildman–Crippen LogP) is 1.27. The van der Waals surface area contributed by atoms with Crippen LogP contribution in [0.4, 0.5) is 0 Å². The summed E-state index contributed by atoms with van der Waals surface area (Å²) in [5, 5.41) is 12.1. The van der Waals surface area contributed by atoms with Gasteiger partial charge in [0.1, 0.15) is 5.75 Å². The van der Waals surface area contributed by atoms with Gasteiger partial charge in [-0.1, -0.05) is 12.1 Å². The van der Waals surface area contributed by atoms with E-state index in [1.165, 1.54) is 12.8 Å². The molecule has 0 spiro atoms. The number of carbonyl (C=O) groups excluding carboxylic acids is 1. The van der Waals surface area contributed by atoms with Crippen LogP contribution < -0.4 is 11.1 Å². The zero-order chi connectivity index (χ0) is 13.9. The minimum Gasteiger partial charge on any atom is -0.508 e. The van der Waals surface area contributed by atoms with Gasteiger partial charge in [0, 0.05) is 11.3 Å². The van der Waals surface area contributed by atoms with E-state index < -0.39 is 6.04 Å². The fraction of sp³-hybridized carbons (Fsp3) is 0.500. The maximum atomic E-state index is 11.9. The highest BCUT2D eigenvalue weighted by atomic mass is 32.2. The van der Waals surface area contributed by atoms with Gasteiger partial charge in [0.25, 0.3) is 0 Å². The van der Waals surface area contributed by atoms with Crippen LogP contribution in [0.1, 0.15) is 18.4 Å². The van der Waals surface area contributed by atoms with E-state index in [4.69, 9.17) is 5.73 Å². The number of benzene rings is 1. The Morgan fingerprint density at radius 2 is 2.11 bits per heavy atom. The van der Waals surface area contributed by atoms with Crippen LogP contribution in [0.5, 0.6) is 5.75 Å². The van der Waals surface area contributed by atoms with Crippen LogP contribution in [-0.4, -0.2) is 34.6 Å². The first-order chi connectivity index (χ1) is 9.04. The molecule has 4 nitrogen and oxygen atoms in total. The summed E-state index contributed by atoms with van der Waals surface area (Å²) in [7, 11) is 0. The Hall–Kier alpha value is -1.20. The van der Waals surface area contributed by atoms with Crippen molar-refractivity contribution in [2.45, 2.75) is 30.1 Å². The summed E-state index contributed by atoms with van der Waals surface area (Å²) >= 11 is 1.81. The zero-order valence-corrected chi connectivity index (χ0v) is 11.9. The molecular formula is C14H20N2O2S. The van der Waals surface area contributed by atoms with Gasteiger partial charge in [-0.3, -0.25) is 4.79 Å². The van der Waals surface area contributed by atoms with Crippen molar-refractivity contribution in [1.29, 1.82) is 0 Å². The average molecular weight is 280 g/mol. The number of amides is 1. The molecule has 19 heavy (non-hydrogen) atoms. The fourth-order valence-corrected chi connectivity index (χ4v) is 2.68. The normalized spacial score (nSPS) is 17.8. The number of hydrogen-bond acceptors (Lipinski definition) is 4. The lowest BCUT2D eigenvalue weighted by atomic mass is 10.1. The molecule has 1 aromatic rings. The molecule has 4 N–H and O–H groups in total. The molecule has 0 bridgehead atoms. The molecule has 1 aromatic carbocycles. The molecule has 104 valence electrons. The molecule has 1 aliphatic carbocycles. The first-order valence-corrected chi connectivity index (χ1v) is 7.63. The monoisotopic (exact) mass is 280 g/mol. The Labute approximate surface area is 117 Å². The maximum Gasteiger partial charge on any atom is 0.237 e. The van der Waals surface area contributed by atoms with Crippen molar-refractivity contribution in [3.63, 3.8) is 0 Å². The third kappa shape index (κ3) is 3.88. The van der Waals surface area contributed by atoms with Gasteiger partial charge in [-0.25, -0.2) is 0 Å². The van der Waals surface area contributed by atoms with Crippen LogP contribution in [0.15, 0.2) is 24.3 Å². The maximum absolute atomic E-state index is 11.9. The molecule has 1 amide bonds. The number of nitrogens with two attached hydrogens (primary N) is 1. The van der Waals surface area contributed by atoms with Gasteiger partial charge in [-0.05, 0) is 43.2 Å². The molecule has 0 heterocycles. The minimum atomic E-state index is -0.540. The Morgan fingerprint density at radius 3 is 2.63 bits per heavy atom. The van der Waals surface area contributed by atoms with E-state index in [0.29, 0.717) is 13.0 Å². The number of carbonyl (C=O) groups is 1. The molecule has 0 saturated heterocycles. The molecule has 1 saturated carbocycles. The molecule has 0 radical (unpaired) electrons. The van der Waals surface area contributed by atoms with E-state index in [1.54, 1.807) is 24.3 Å². The summed E-state index contributed by atoms with van der Waals surface area (Å²) in [6.45, 7) is 0.705. The van der Waals surface area contributed by atoms with E-state index in [2.05, 4.69) is 11.6 Å². The Morgan fingerprint density at radius 1 is 1.47 bits per heavy atom. The van der Waals surface area contributed by atoms with Crippen LogP contribution in [0.3, 0.4) is 0 Å². The van der Waals surface area contributed by atoms with Crippen LogP contribution >= 0.6 is 11.8 Å². The van der Waals surface area contributed by atoms with Crippen LogP contribution in [0, 0.1) is 0 Å². The highest BCUT2D eigenvalue weighted by Gasteiger charge is 2.42. The number of nitrogens with one attached hydrogen (secondary N) is 1. The standard InChI is InChI=1S/C14H20N2O2S/c1-19-14(6-7-14)9-16-13(18)12(15)8-10-2-4-11(17)5-3-10/h2-5,12,17H,6-9,15H2,1H3,(H,16,18). The van der Waals surface area contributed by atoms with Gasteiger partial charge in [0.15, 0.2) is 0 Å². The highest BCUT2D eigenvalue weighted by molar-refractivity contribution is 8.00. The van der Waals surface area contributed by atoms with Gasteiger partial charge in [-0.15, -0.1) is 0 Å². The average Bonchev–Trinajstić information content (AvgIpc) is 3.19. The van der Waals surface area contributed by atoms with E-state index in [9.17, 15) is 9.90 Å². The van der Waals surface area contributed by atoms with E-state index >= 15 is 0 Å². The molecule has 1 aliphatic rings. The van der Waals surface area contributed by atoms with Crippen molar-refractivity contribution in [1.82, 2.24) is 5.32 Å². The molecule has 1 fully saturated rings. The van der Waals surface area contributed by atoms with E-state index in [0.717, 1.165) is 5.56 Å². The van der Waals surface area contributed by atoms with Crippen molar-refractivity contribution in [2.24, 2.45) is 5.73 Å². The Bertz CT molecular complexity index is 443. The number of thioether (sulfide) groups is 1. The Kier molecular flexibility index (Phi) is 4.37. The number of rotatable bonds is 6. The van der Waals surface area contributed by atoms with Crippen LogP contribution in [-0.2, 0) is 11.2 Å². The lowest BCUT2D eigenvalue weighted by molar-refractivity contribution is -0.122. The number of phenols is 1. The van der Waals surface area contributed by atoms with Crippen molar-refractivity contribution < 1.29 is 9.90 Å². The third-order valence-electron chi connectivity index (χ3n) is 3.55. The molecular weight excluding hydrogens is 260 g/mol. The quantitative estimate of drug-likeness (QED) is 0.733. The Balaban J connectivity index is 1.80. The summed E-state index contributed by atoms with van der Waals surface area (Å²) in [6, 6.07) is 6.24. The molecule has 5 heteroatoms.